The summed E-state index contributed by atoms with van der Waals surface area (Å²) >= 11 is 0. The standard InChI is InChI=1S/C13H13FN2O/c14-16-12-9-11(15-7-1-2-8-15)5-3-10(12)4-6-13(16)17/h3-6,9H,1-2,7-8H2. The number of hydrogen-bond donors (Lipinski definition) is 0. The van der Waals surface area contributed by atoms with Gasteiger partial charge in [0.2, 0.25) is 0 Å². The summed E-state index contributed by atoms with van der Waals surface area (Å²) < 4.78 is 13.7. The van der Waals surface area contributed by atoms with Gasteiger partial charge in [0.05, 0.1) is 5.52 Å². The predicted molar refractivity (Wildman–Crippen MR) is 66.2 cm³/mol. The van der Waals surface area contributed by atoms with Crippen molar-refractivity contribution in [3.05, 3.63) is 40.7 Å². The van der Waals surface area contributed by atoms with Crippen molar-refractivity contribution in [1.82, 2.24) is 4.79 Å². The summed E-state index contributed by atoms with van der Waals surface area (Å²) in [6.45, 7) is 2.02. The predicted octanol–water partition coefficient (Wildman–Crippen LogP) is 2.33. The lowest BCUT2D eigenvalue weighted by Crippen LogP contribution is -2.18. The highest BCUT2D eigenvalue weighted by Crippen LogP contribution is 2.24. The Kier molecular flexibility index (Phi) is 2.35. The van der Waals surface area contributed by atoms with Crippen LogP contribution in [0, 0.1) is 0 Å². The zero-order chi connectivity index (χ0) is 11.8. The largest absolute Gasteiger partial charge is 0.371 e. The maximum absolute atomic E-state index is 13.7. The fourth-order valence-electron chi connectivity index (χ4n) is 2.36. The lowest BCUT2D eigenvalue weighted by atomic mass is 10.2. The Hall–Kier alpha value is -1.84. The molecule has 0 atom stereocenters. The maximum Gasteiger partial charge on any atom is 0.279 e. The van der Waals surface area contributed by atoms with E-state index < -0.39 is 5.56 Å². The lowest BCUT2D eigenvalue weighted by Gasteiger charge is -2.18. The Balaban J connectivity index is 2.17. The summed E-state index contributed by atoms with van der Waals surface area (Å²) in [6.07, 6.45) is 2.35. The first kappa shape index (κ1) is 10.3. The minimum atomic E-state index is -0.615. The molecule has 2 aromatic rings. The molecule has 4 heteroatoms. The van der Waals surface area contributed by atoms with Crippen LogP contribution in [-0.2, 0) is 0 Å². The smallest absolute Gasteiger partial charge is 0.279 e. The molecule has 3 nitrogen and oxygen atoms in total. The first-order chi connectivity index (χ1) is 8.25. The second kappa shape index (κ2) is 3.87. The van der Waals surface area contributed by atoms with Gasteiger partial charge in [0.1, 0.15) is 0 Å². The molecule has 88 valence electrons. The van der Waals surface area contributed by atoms with Crippen molar-refractivity contribution in [3.8, 4) is 0 Å². The van der Waals surface area contributed by atoms with Gasteiger partial charge in [-0.25, -0.2) is 0 Å². The zero-order valence-corrected chi connectivity index (χ0v) is 9.40. The average Bonchev–Trinajstić information content (AvgIpc) is 2.87. The monoisotopic (exact) mass is 232 g/mol. The van der Waals surface area contributed by atoms with Crippen LogP contribution in [0.4, 0.5) is 10.2 Å². The number of pyridine rings is 1. The number of benzene rings is 1. The van der Waals surface area contributed by atoms with E-state index in [0.717, 1.165) is 24.2 Å². The van der Waals surface area contributed by atoms with E-state index >= 15 is 0 Å². The molecule has 0 unspecified atom stereocenters. The fourth-order valence-corrected chi connectivity index (χ4v) is 2.36. The first-order valence-corrected chi connectivity index (χ1v) is 5.83. The summed E-state index contributed by atoms with van der Waals surface area (Å²) in [7, 11) is 0. The van der Waals surface area contributed by atoms with E-state index in [9.17, 15) is 9.28 Å². The van der Waals surface area contributed by atoms with Crippen LogP contribution in [0.5, 0.6) is 0 Å². The number of fused-ring (bicyclic) bond motifs is 1. The molecule has 1 aromatic carbocycles. The Labute approximate surface area is 98.0 Å². The molecule has 0 amide bonds. The number of aromatic nitrogens is 1. The van der Waals surface area contributed by atoms with Crippen LogP contribution < -0.4 is 10.5 Å². The number of rotatable bonds is 1. The van der Waals surface area contributed by atoms with E-state index in [0.29, 0.717) is 5.52 Å². The Bertz CT molecular complexity index is 614. The second-order valence-electron chi connectivity index (χ2n) is 4.39. The quantitative estimate of drug-likeness (QED) is 0.754. The van der Waals surface area contributed by atoms with Gasteiger partial charge in [-0.15, -0.1) is 4.79 Å². The number of halogens is 1. The fraction of sp³-hybridized carbons (Fsp3) is 0.308. The molecule has 3 rings (SSSR count). The summed E-state index contributed by atoms with van der Waals surface area (Å²) in [5, 5.41) is 0.745. The molecule has 1 fully saturated rings. The molecule has 1 aromatic heterocycles. The topological polar surface area (TPSA) is 25.2 Å². The highest BCUT2D eigenvalue weighted by atomic mass is 19.2. The molecule has 0 radical (unpaired) electrons. The molecule has 0 N–H and O–H groups in total. The molecule has 0 saturated carbocycles. The average molecular weight is 232 g/mol. The molecule has 0 bridgehead atoms. The highest BCUT2D eigenvalue weighted by Gasteiger charge is 2.13. The number of hydrogen-bond acceptors (Lipinski definition) is 2. The summed E-state index contributed by atoms with van der Waals surface area (Å²) in [4.78, 5) is 13.7. The van der Waals surface area contributed by atoms with Crippen LogP contribution in [0.25, 0.3) is 10.9 Å². The van der Waals surface area contributed by atoms with E-state index in [1.165, 1.54) is 18.9 Å². The number of anilines is 1. The van der Waals surface area contributed by atoms with Crippen molar-refractivity contribution in [2.45, 2.75) is 12.8 Å². The highest BCUT2D eigenvalue weighted by molar-refractivity contribution is 5.82. The molecule has 1 aliphatic heterocycles. The van der Waals surface area contributed by atoms with Crippen LogP contribution in [0.2, 0.25) is 0 Å². The third kappa shape index (κ3) is 1.69. The van der Waals surface area contributed by atoms with Crippen LogP contribution >= 0.6 is 0 Å². The summed E-state index contributed by atoms with van der Waals surface area (Å²) in [5.74, 6) is 0. The van der Waals surface area contributed by atoms with Gasteiger partial charge in [0.15, 0.2) is 0 Å². The summed E-state index contributed by atoms with van der Waals surface area (Å²) in [5.41, 5.74) is 0.727. The normalized spacial score (nSPS) is 15.7. The second-order valence-corrected chi connectivity index (χ2v) is 4.39. The third-order valence-corrected chi connectivity index (χ3v) is 3.30. The van der Waals surface area contributed by atoms with Gasteiger partial charge in [-0.2, -0.15) is 0 Å². The minimum absolute atomic E-state index is 0.217. The van der Waals surface area contributed by atoms with Crippen molar-refractivity contribution in [3.63, 3.8) is 0 Å². The number of nitrogens with zero attached hydrogens (tertiary/aromatic N) is 2. The molecule has 1 saturated heterocycles. The molecule has 0 aliphatic carbocycles. The Morgan fingerprint density at radius 2 is 1.76 bits per heavy atom. The van der Waals surface area contributed by atoms with Gasteiger partial charge in [0, 0.05) is 30.2 Å². The molecule has 0 spiro atoms. The van der Waals surface area contributed by atoms with Crippen LogP contribution in [0.1, 0.15) is 12.8 Å². The van der Waals surface area contributed by atoms with Crippen LogP contribution in [0.3, 0.4) is 0 Å². The van der Waals surface area contributed by atoms with E-state index in [-0.39, 0.29) is 4.79 Å². The van der Waals surface area contributed by atoms with Crippen molar-refractivity contribution in [2.75, 3.05) is 18.0 Å². The molecular weight excluding hydrogens is 219 g/mol. The van der Waals surface area contributed by atoms with Gasteiger partial charge in [-0.05, 0) is 31.0 Å². The van der Waals surface area contributed by atoms with Crippen LogP contribution in [0.15, 0.2) is 35.1 Å². The summed E-state index contributed by atoms with van der Waals surface area (Å²) in [6, 6.07) is 8.50. The Morgan fingerprint density at radius 1 is 1.06 bits per heavy atom. The van der Waals surface area contributed by atoms with Crippen LogP contribution in [-0.4, -0.2) is 17.9 Å². The van der Waals surface area contributed by atoms with Gasteiger partial charge in [0.25, 0.3) is 5.56 Å². The first-order valence-electron chi connectivity index (χ1n) is 5.83. The van der Waals surface area contributed by atoms with Crippen molar-refractivity contribution < 1.29 is 4.48 Å². The molecule has 1 aliphatic rings. The zero-order valence-electron chi connectivity index (χ0n) is 9.40. The van der Waals surface area contributed by atoms with E-state index in [4.69, 9.17) is 0 Å². The van der Waals surface area contributed by atoms with Crippen molar-refractivity contribution >= 4 is 16.6 Å². The van der Waals surface area contributed by atoms with Gasteiger partial charge in [-0.3, -0.25) is 4.79 Å². The minimum Gasteiger partial charge on any atom is -0.371 e. The Morgan fingerprint density at radius 3 is 2.53 bits per heavy atom. The van der Waals surface area contributed by atoms with Crippen molar-refractivity contribution in [2.24, 2.45) is 0 Å². The van der Waals surface area contributed by atoms with Crippen molar-refractivity contribution in [1.29, 1.82) is 0 Å². The molecular formula is C13H13FN2O. The van der Waals surface area contributed by atoms with E-state index in [1.807, 2.05) is 12.1 Å². The third-order valence-electron chi connectivity index (χ3n) is 3.30. The van der Waals surface area contributed by atoms with Gasteiger partial charge in [-0.1, -0.05) is 10.5 Å². The molecule has 2 heterocycles. The van der Waals surface area contributed by atoms with E-state index in [1.54, 1.807) is 12.1 Å². The molecule has 17 heavy (non-hydrogen) atoms. The lowest BCUT2D eigenvalue weighted by molar-refractivity contribution is 0.371. The van der Waals surface area contributed by atoms with Gasteiger partial charge < -0.3 is 4.90 Å². The van der Waals surface area contributed by atoms with Gasteiger partial charge >= 0.3 is 0 Å². The van der Waals surface area contributed by atoms with E-state index in [2.05, 4.69) is 4.90 Å². The SMILES string of the molecule is O=c1ccc2ccc(N3CCCC3)cc2n1F. The maximum atomic E-state index is 13.7.